The van der Waals surface area contributed by atoms with Crippen molar-refractivity contribution in [2.75, 3.05) is 0 Å². The fraction of sp³-hybridized carbons (Fsp3) is 0.333. The van der Waals surface area contributed by atoms with Crippen molar-refractivity contribution >= 4 is 17.1 Å². The zero-order chi connectivity index (χ0) is 24.5. The molecule has 0 radical (unpaired) electrons. The molecule has 1 aliphatic carbocycles. The molecule has 0 saturated heterocycles. The van der Waals surface area contributed by atoms with Crippen molar-refractivity contribution in [2.45, 2.75) is 57.7 Å². The van der Waals surface area contributed by atoms with Crippen molar-refractivity contribution in [1.29, 1.82) is 0 Å². The van der Waals surface area contributed by atoms with Crippen LogP contribution >= 0.6 is 0 Å². The first-order valence-corrected chi connectivity index (χ1v) is 12.0. The highest BCUT2D eigenvalue weighted by Crippen LogP contribution is 2.27. The SMILES string of the molecule is CC(C)c1ccccc1-c1ncc2[nH]c(=O)n(Cc3ccc(C(=O)N[C@@H]4CCC[C@@H]4O)cc3)c2n1. The van der Waals surface area contributed by atoms with E-state index in [9.17, 15) is 14.7 Å². The number of H-pyrrole nitrogens is 1. The number of nitrogens with zero attached hydrogens (tertiary/aromatic N) is 3. The van der Waals surface area contributed by atoms with Crippen LogP contribution in [0.3, 0.4) is 0 Å². The molecule has 2 atom stereocenters. The summed E-state index contributed by atoms with van der Waals surface area (Å²) >= 11 is 0. The van der Waals surface area contributed by atoms with Crippen molar-refractivity contribution in [3.8, 4) is 11.4 Å². The number of nitrogens with one attached hydrogen (secondary N) is 2. The third-order valence-electron chi connectivity index (χ3n) is 6.69. The largest absolute Gasteiger partial charge is 0.391 e. The monoisotopic (exact) mass is 471 g/mol. The number of carbonyl (C=O) groups is 1. The molecule has 0 bridgehead atoms. The summed E-state index contributed by atoms with van der Waals surface area (Å²) in [5.74, 6) is 0.690. The Hall–Kier alpha value is -3.78. The van der Waals surface area contributed by atoms with Crippen LogP contribution in [0.1, 0.15) is 60.5 Å². The minimum atomic E-state index is -0.480. The summed E-state index contributed by atoms with van der Waals surface area (Å²) in [6, 6.07) is 15.0. The maximum Gasteiger partial charge on any atom is 0.328 e. The van der Waals surface area contributed by atoms with Gasteiger partial charge in [-0.25, -0.2) is 14.8 Å². The fourth-order valence-electron chi connectivity index (χ4n) is 4.73. The highest BCUT2D eigenvalue weighted by Gasteiger charge is 2.26. The van der Waals surface area contributed by atoms with Gasteiger partial charge in [0.25, 0.3) is 5.91 Å². The summed E-state index contributed by atoms with van der Waals surface area (Å²) in [5, 5.41) is 12.9. The van der Waals surface area contributed by atoms with E-state index >= 15 is 0 Å². The van der Waals surface area contributed by atoms with Crippen LogP contribution in [0.2, 0.25) is 0 Å². The van der Waals surface area contributed by atoms with Crippen LogP contribution < -0.4 is 11.0 Å². The zero-order valence-corrected chi connectivity index (χ0v) is 19.9. The Labute approximate surface area is 203 Å². The number of rotatable bonds is 6. The number of fused-ring (bicyclic) bond motifs is 1. The number of imidazole rings is 1. The van der Waals surface area contributed by atoms with Crippen LogP contribution in [0, 0.1) is 0 Å². The molecule has 1 aliphatic rings. The number of carbonyl (C=O) groups excluding carboxylic acids is 1. The minimum absolute atomic E-state index is 0.193. The number of hydrogen-bond donors (Lipinski definition) is 3. The molecule has 1 amide bonds. The quantitative estimate of drug-likeness (QED) is 0.398. The summed E-state index contributed by atoms with van der Waals surface area (Å²) < 4.78 is 1.59. The number of aromatic nitrogens is 4. The molecule has 0 spiro atoms. The highest BCUT2D eigenvalue weighted by molar-refractivity contribution is 5.94. The van der Waals surface area contributed by atoms with Crippen LogP contribution in [-0.2, 0) is 6.54 Å². The smallest absolute Gasteiger partial charge is 0.328 e. The van der Waals surface area contributed by atoms with Gasteiger partial charge in [-0.15, -0.1) is 0 Å². The van der Waals surface area contributed by atoms with Gasteiger partial charge in [0.15, 0.2) is 11.5 Å². The molecule has 0 aliphatic heterocycles. The summed E-state index contributed by atoms with van der Waals surface area (Å²) in [6.07, 6.45) is 3.60. The molecule has 0 unspecified atom stereocenters. The van der Waals surface area contributed by atoms with Crippen LogP contribution in [0.25, 0.3) is 22.6 Å². The lowest BCUT2D eigenvalue weighted by atomic mass is 9.97. The van der Waals surface area contributed by atoms with Gasteiger partial charge in [-0.05, 0) is 48.4 Å². The minimum Gasteiger partial charge on any atom is -0.391 e. The van der Waals surface area contributed by atoms with Crippen molar-refractivity contribution in [3.05, 3.63) is 81.9 Å². The number of amides is 1. The van der Waals surface area contributed by atoms with Gasteiger partial charge in [0.05, 0.1) is 24.9 Å². The molecule has 1 saturated carbocycles. The Bertz CT molecular complexity index is 1420. The van der Waals surface area contributed by atoms with E-state index in [1.165, 1.54) is 0 Å². The molecule has 5 rings (SSSR count). The topological polar surface area (TPSA) is 113 Å². The molecule has 2 aromatic heterocycles. The molecule has 2 heterocycles. The Kier molecular flexibility index (Phi) is 6.21. The molecule has 180 valence electrons. The van der Waals surface area contributed by atoms with Crippen molar-refractivity contribution in [1.82, 2.24) is 24.8 Å². The predicted molar refractivity (Wildman–Crippen MR) is 134 cm³/mol. The lowest BCUT2D eigenvalue weighted by Crippen LogP contribution is -2.39. The van der Waals surface area contributed by atoms with Crippen LogP contribution in [0.15, 0.2) is 59.5 Å². The van der Waals surface area contributed by atoms with E-state index < -0.39 is 6.10 Å². The van der Waals surface area contributed by atoms with E-state index in [1.54, 1.807) is 22.9 Å². The number of aliphatic hydroxyl groups excluding tert-OH is 1. The van der Waals surface area contributed by atoms with E-state index in [0.717, 1.165) is 36.0 Å². The first-order valence-electron chi connectivity index (χ1n) is 12.0. The molecule has 4 aromatic rings. The Balaban J connectivity index is 1.40. The number of aliphatic hydroxyl groups is 1. The molecule has 8 heteroatoms. The maximum absolute atomic E-state index is 12.7. The Morgan fingerprint density at radius 1 is 1.17 bits per heavy atom. The molecule has 3 N–H and O–H groups in total. The van der Waals surface area contributed by atoms with E-state index in [4.69, 9.17) is 4.98 Å². The molecule has 1 fully saturated rings. The zero-order valence-electron chi connectivity index (χ0n) is 19.9. The third-order valence-corrected chi connectivity index (χ3v) is 6.69. The highest BCUT2D eigenvalue weighted by atomic mass is 16.3. The second-order valence-corrected chi connectivity index (χ2v) is 9.46. The van der Waals surface area contributed by atoms with E-state index in [-0.39, 0.29) is 17.6 Å². The van der Waals surface area contributed by atoms with Gasteiger partial charge < -0.3 is 15.4 Å². The predicted octanol–water partition coefficient (Wildman–Crippen LogP) is 3.60. The summed E-state index contributed by atoms with van der Waals surface area (Å²) in [6.45, 7) is 4.57. The summed E-state index contributed by atoms with van der Waals surface area (Å²) in [5.41, 5.74) is 4.34. The normalized spacial score (nSPS) is 17.8. The second-order valence-electron chi connectivity index (χ2n) is 9.46. The van der Waals surface area contributed by atoms with Gasteiger partial charge in [0.2, 0.25) is 0 Å². The van der Waals surface area contributed by atoms with Crippen LogP contribution in [0.4, 0.5) is 0 Å². The Morgan fingerprint density at radius 2 is 1.94 bits per heavy atom. The second kappa shape index (κ2) is 9.46. The van der Waals surface area contributed by atoms with E-state index in [0.29, 0.717) is 35.0 Å². The average Bonchev–Trinajstić information content (AvgIpc) is 3.40. The van der Waals surface area contributed by atoms with Crippen molar-refractivity contribution < 1.29 is 9.90 Å². The number of hydrogen-bond acceptors (Lipinski definition) is 5. The summed E-state index contributed by atoms with van der Waals surface area (Å²) in [7, 11) is 0. The van der Waals surface area contributed by atoms with E-state index in [1.807, 2.05) is 30.3 Å². The third kappa shape index (κ3) is 4.61. The average molecular weight is 472 g/mol. The number of aromatic amines is 1. The lowest BCUT2D eigenvalue weighted by molar-refractivity contribution is 0.0873. The van der Waals surface area contributed by atoms with Gasteiger partial charge in [-0.2, -0.15) is 0 Å². The number of benzene rings is 2. The fourth-order valence-corrected chi connectivity index (χ4v) is 4.73. The van der Waals surface area contributed by atoms with Gasteiger partial charge >= 0.3 is 5.69 Å². The van der Waals surface area contributed by atoms with E-state index in [2.05, 4.69) is 35.2 Å². The Morgan fingerprint density at radius 3 is 2.66 bits per heavy atom. The first-order chi connectivity index (χ1) is 16.9. The standard InChI is InChI=1S/C27H29N5O3/c1-16(2)19-6-3-4-7-20(19)24-28-14-22-25(31-24)32(27(35)30-22)15-17-10-12-18(13-11-17)26(34)29-21-8-5-9-23(21)33/h3-4,6-7,10-14,16,21,23,33H,5,8-9,15H2,1-2H3,(H,29,34)(H,30,35)/t21-,23+/m1/s1. The van der Waals surface area contributed by atoms with Gasteiger partial charge in [0, 0.05) is 11.1 Å². The maximum atomic E-state index is 12.7. The van der Waals surface area contributed by atoms with Crippen molar-refractivity contribution in [2.24, 2.45) is 0 Å². The van der Waals surface area contributed by atoms with Gasteiger partial charge in [0.1, 0.15) is 5.52 Å². The first kappa shape index (κ1) is 23.0. The van der Waals surface area contributed by atoms with Crippen molar-refractivity contribution in [3.63, 3.8) is 0 Å². The molecular formula is C27H29N5O3. The van der Waals surface area contributed by atoms with Crippen LogP contribution in [0.5, 0.6) is 0 Å². The molecule has 35 heavy (non-hydrogen) atoms. The van der Waals surface area contributed by atoms with Gasteiger partial charge in [-0.3, -0.25) is 9.36 Å². The van der Waals surface area contributed by atoms with Gasteiger partial charge in [-0.1, -0.05) is 50.2 Å². The molecule has 8 nitrogen and oxygen atoms in total. The molecular weight excluding hydrogens is 442 g/mol. The summed E-state index contributed by atoms with van der Waals surface area (Å²) in [4.78, 5) is 37.4. The lowest BCUT2D eigenvalue weighted by Gasteiger charge is -2.16. The molecule has 2 aromatic carbocycles. The van der Waals surface area contributed by atoms with Crippen LogP contribution in [-0.4, -0.2) is 42.7 Å².